The summed E-state index contributed by atoms with van der Waals surface area (Å²) in [6.07, 6.45) is 1.45. The van der Waals surface area contributed by atoms with E-state index in [2.05, 4.69) is 5.10 Å². The molecule has 86 valence electrons. The second-order valence-electron chi connectivity index (χ2n) is 3.87. The Bertz CT molecular complexity index is 439. The predicted octanol–water partition coefficient (Wildman–Crippen LogP) is 0.241. The molecule has 0 spiro atoms. The van der Waals surface area contributed by atoms with Crippen LogP contribution in [0.5, 0.6) is 0 Å². The lowest BCUT2D eigenvalue weighted by Crippen LogP contribution is -2.24. The maximum atomic E-state index is 11.4. The van der Waals surface area contributed by atoms with Crippen LogP contribution in [0.1, 0.15) is 29.0 Å². The summed E-state index contributed by atoms with van der Waals surface area (Å²) in [5.41, 5.74) is 0.761. The number of hydrogen-bond acceptors (Lipinski definition) is 3. The number of hydrogen-bond donors (Lipinski definition) is 1. The molecule has 6 heteroatoms. The SMILES string of the molecule is Cn1nc(CN2CCCC2=O)cc1C(=O)O. The minimum atomic E-state index is -1.01. The molecule has 0 radical (unpaired) electrons. The number of carbonyl (C=O) groups excluding carboxylic acids is 1. The number of nitrogens with zero attached hydrogens (tertiary/aromatic N) is 3. The Morgan fingerprint density at radius 1 is 1.62 bits per heavy atom. The molecule has 0 saturated carbocycles. The standard InChI is InChI=1S/C10H13N3O3/c1-12-8(10(15)16)5-7(11-12)6-13-4-2-3-9(13)14/h5H,2-4,6H2,1H3,(H,15,16). The molecule has 1 N–H and O–H groups in total. The van der Waals surface area contributed by atoms with Gasteiger partial charge in [0, 0.05) is 20.0 Å². The fourth-order valence-corrected chi connectivity index (χ4v) is 1.87. The Morgan fingerprint density at radius 2 is 2.38 bits per heavy atom. The highest BCUT2D eigenvalue weighted by Gasteiger charge is 2.22. The molecule has 1 saturated heterocycles. The third kappa shape index (κ3) is 1.91. The van der Waals surface area contributed by atoms with Crippen molar-refractivity contribution in [1.82, 2.24) is 14.7 Å². The van der Waals surface area contributed by atoms with Gasteiger partial charge in [0.1, 0.15) is 5.69 Å². The molecule has 1 amide bonds. The van der Waals surface area contributed by atoms with Gasteiger partial charge in [-0.15, -0.1) is 0 Å². The Balaban J connectivity index is 2.13. The molecule has 0 aliphatic carbocycles. The van der Waals surface area contributed by atoms with Gasteiger partial charge in [0.05, 0.1) is 12.2 Å². The molecule has 0 atom stereocenters. The molecule has 1 fully saturated rings. The first-order chi connectivity index (χ1) is 7.58. The predicted molar refractivity (Wildman–Crippen MR) is 54.8 cm³/mol. The van der Waals surface area contributed by atoms with Crippen LogP contribution in [0.15, 0.2) is 6.07 Å². The molecule has 1 aliphatic rings. The topological polar surface area (TPSA) is 75.4 Å². The molecular formula is C10H13N3O3. The van der Waals surface area contributed by atoms with E-state index in [1.54, 1.807) is 11.9 Å². The van der Waals surface area contributed by atoms with Gasteiger partial charge in [-0.25, -0.2) is 4.79 Å². The van der Waals surface area contributed by atoms with E-state index in [0.717, 1.165) is 13.0 Å². The molecule has 2 heterocycles. The molecule has 6 nitrogen and oxygen atoms in total. The van der Waals surface area contributed by atoms with Crippen LogP contribution >= 0.6 is 0 Å². The Kier molecular flexibility index (Phi) is 2.64. The molecule has 1 aromatic heterocycles. The third-order valence-corrected chi connectivity index (χ3v) is 2.67. The minimum Gasteiger partial charge on any atom is -0.477 e. The van der Waals surface area contributed by atoms with Crippen LogP contribution < -0.4 is 0 Å². The van der Waals surface area contributed by atoms with Gasteiger partial charge in [0.25, 0.3) is 0 Å². The summed E-state index contributed by atoms with van der Waals surface area (Å²) in [6.45, 7) is 1.14. The number of rotatable bonds is 3. The largest absolute Gasteiger partial charge is 0.477 e. The van der Waals surface area contributed by atoms with E-state index in [1.807, 2.05) is 0 Å². The third-order valence-electron chi connectivity index (χ3n) is 2.67. The first-order valence-electron chi connectivity index (χ1n) is 5.12. The van der Waals surface area contributed by atoms with Crippen molar-refractivity contribution in [2.45, 2.75) is 19.4 Å². The monoisotopic (exact) mass is 223 g/mol. The fourth-order valence-electron chi connectivity index (χ4n) is 1.87. The Labute approximate surface area is 92.5 Å². The normalized spacial score (nSPS) is 15.8. The maximum Gasteiger partial charge on any atom is 0.354 e. The summed E-state index contributed by atoms with van der Waals surface area (Å²) in [4.78, 5) is 23.9. The number of amides is 1. The highest BCUT2D eigenvalue weighted by molar-refractivity contribution is 5.85. The zero-order valence-corrected chi connectivity index (χ0v) is 9.01. The van der Waals surface area contributed by atoms with Crippen LogP contribution in [-0.2, 0) is 18.4 Å². The van der Waals surface area contributed by atoms with Gasteiger partial charge in [-0.2, -0.15) is 5.10 Å². The molecular weight excluding hydrogens is 210 g/mol. The number of likely N-dealkylation sites (tertiary alicyclic amines) is 1. The van der Waals surface area contributed by atoms with Crippen LogP contribution in [0.3, 0.4) is 0 Å². The molecule has 16 heavy (non-hydrogen) atoms. The zero-order valence-electron chi connectivity index (χ0n) is 9.01. The maximum absolute atomic E-state index is 11.4. The van der Waals surface area contributed by atoms with E-state index in [-0.39, 0.29) is 11.6 Å². The Hall–Kier alpha value is -1.85. The van der Waals surface area contributed by atoms with E-state index in [0.29, 0.717) is 18.7 Å². The van der Waals surface area contributed by atoms with Gasteiger partial charge in [-0.3, -0.25) is 9.48 Å². The number of carboxylic acids is 1. The average Bonchev–Trinajstić information content (AvgIpc) is 2.75. The van der Waals surface area contributed by atoms with Gasteiger partial charge in [0.2, 0.25) is 5.91 Å². The quantitative estimate of drug-likeness (QED) is 0.796. The van der Waals surface area contributed by atoms with E-state index < -0.39 is 5.97 Å². The first kappa shape index (κ1) is 10.7. The van der Waals surface area contributed by atoms with Crippen molar-refractivity contribution >= 4 is 11.9 Å². The average molecular weight is 223 g/mol. The molecule has 0 aromatic carbocycles. The second kappa shape index (κ2) is 3.96. The summed E-state index contributed by atoms with van der Waals surface area (Å²) >= 11 is 0. The van der Waals surface area contributed by atoms with Crippen molar-refractivity contribution in [2.75, 3.05) is 6.54 Å². The van der Waals surface area contributed by atoms with E-state index in [1.165, 1.54) is 10.7 Å². The molecule has 1 aromatic rings. The van der Waals surface area contributed by atoms with Crippen LogP contribution in [0.4, 0.5) is 0 Å². The van der Waals surface area contributed by atoms with Crippen molar-refractivity contribution in [2.24, 2.45) is 7.05 Å². The molecule has 0 bridgehead atoms. The minimum absolute atomic E-state index is 0.113. The molecule has 0 unspecified atom stereocenters. The smallest absolute Gasteiger partial charge is 0.354 e. The van der Waals surface area contributed by atoms with Gasteiger partial charge in [0.15, 0.2) is 0 Å². The van der Waals surface area contributed by atoms with Crippen LogP contribution in [-0.4, -0.2) is 38.2 Å². The summed E-state index contributed by atoms with van der Waals surface area (Å²) in [7, 11) is 1.58. The van der Waals surface area contributed by atoms with Crippen LogP contribution in [0.2, 0.25) is 0 Å². The van der Waals surface area contributed by atoms with Crippen molar-refractivity contribution in [3.05, 3.63) is 17.5 Å². The number of aryl methyl sites for hydroxylation is 1. The number of carboxylic acid groups (broad SMARTS) is 1. The van der Waals surface area contributed by atoms with Gasteiger partial charge < -0.3 is 10.0 Å². The summed E-state index contributed by atoms with van der Waals surface area (Å²) in [5.74, 6) is -0.892. The Morgan fingerprint density at radius 3 is 2.88 bits per heavy atom. The van der Waals surface area contributed by atoms with E-state index in [9.17, 15) is 9.59 Å². The number of aromatic nitrogens is 2. The van der Waals surface area contributed by atoms with Crippen molar-refractivity contribution < 1.29 is 14.7 Å². The highest BCUT2D eigenvalue weighted by Crippen LogP contribution is 2.14. The van der Waals surface area contributed by atoms with Crippen molar-refractivity contribution in [3.8, 4) is 0 Å². The van der Waals surface area contributed by atoms with Crippen molar-refractivity contribution in [3.63, 3.8) is 0 Å². The lowest BCUT2D eigenvalue weighted by atomic mass is 10.3. The summed E-state index contributed by atoms with van der Waals surface area (Å²) in [5, 5.41) is 12.9. The van der Waals surface area contributed by atoms with E-state index in [4.69, 9.17) is 5.11 Å². The number of carbonyl (C=O) groups is 2. The fraction of sp³-hybridized carbons (Fsp3) is 0.500. The second-order valence-corrected chi connectivity index (χ2v) is 3.87. The van der Waals surface area contributed by atoms with Gasteiger partial charge in [-0.1, -0.05) is 0 Å². The molecule has 1 aliphatic heterocycles. The number of aromatic carboxylic acids is 1. The van der Waals surface area contributed by atoms with Crippen molar-refractivity contribution in [1.29, 1.82) is 0 Å². The first-order valence-corrected chi connectivity index (χ1v) is 5.12. The van der Waals surface area contributed by atoms with Gasteiger partial charge in [-0.05, 0) is 12.5 Å². The highest BCUT2D eigenvalue weighted by atomic mass is 16.4. The molecule has 2 rings (SSSR count). The zero-order chi connectivity index (χ0) is 11.7. The summed E-state index contributed by atoms with van der Waals surface area (Å²) < 4.78 is 1.32. The lowest BCUT2D eigenvalue weighted by molar-refractivity contribution is -0.128. The van der Waals surface area contributed by atoms with Gasteiger partial charge >= 0.3 is 5.97 Å². The summed E-state index contributed by atoms with van der Waals surface area (Å²) in [6, 6.07) is 1.51. The van der Waals surface area contributed by atoms with Crippen LogP contribution in [0.25, 0.3) is 0 Å². The van der Waals surface area contributed by atoms with Crippen LogP contribution in [0, 0.1) is 0 Å². The lowest BCUT2D eigenvalue weighted by Gasteiger charge is -2.12. The van der Waals surface area contributed by atoms with E-state index >= 15 is 0 Å².